The molecule has 0 radical (unpaired) electrons. The Morgan fingerprint density at radius 3 is 2.34 bits per heavy atom. The molecule has 1 N–H and O–H groups in total. The van der Waals surface area contributed by atoms with Crippen molar-refractivity contribution in [2.45, 2.75) is 45.6 Å². The van der Waals surface area contributed by atoms with Crippen LogP contribution in [0.3, 0.4) is 0 Å². The Labute approximate surface area is 169 Å². The Bertz CT molecular complexity index is 836. The van der Waals surface area contributed by atoms with Crippen LogP contribution in [0.5, 0.6) is 5.75 Å². The number of rotatable bonds is 6. The van der Waals surface area contributed by atoms with Crippen LogP contribution in [-0.4, -0.2) is 25.7 Å². The van der Waals surface area contributed by atoms with Crippen molar-refractivity contribution in [1.29, 1.82) is 0 Å². The SMILES string of the molecule is CC.CC(C)c1ccccc1C1(C(=O)Nc2ccc(F)cc2OC(F)F)COC1. The number of hydrogen-bond acceptors (Lipinski definition) is 3. The average Bonchev–Trinajstić information content (AvgIpc) is 2.64. The van der Waals surface area contributed by atoms with Crippen LogP contribution in [0.2, 0.25) is 0 Å². The number of carbonyl (C=O) groups is 1. The molecule has 1 fully saturated rings. The quantitative estimate of drug-likeness (QED) is 0.687. The number of carbonyl (C=O) groups excluding carboxylic acids is 1. The maximum absolute atomic E-state index is 13.4. The number of amides is 1. The molecule has 0 spiro atoms. The van der Waals surface area contributed by atoms with E-state index in [1.807, 2.05) is 52.0 Å². The van der Waals surface area contributed by atoms with E-state index in [0.29, 0.717) is 0 Å². The van der Waals surface area contributed by atoms with Crippen LogP contribution in [0, 0.1) is 5.82 Å². The van der Waals surface area contributed by atoms with E-state index in [4.69, 9.17) is 4.74 Å². The maximum atomic E-state index is 13.4. The molecule has 29 heavy (non-hydrogen) atoms. The fourth-order valence-corrected chi connectivity index (χ4v) is 3.19. The van der Waals surface area contributed by atoms with Gasteiger partial charge in [0.05, 0.1) is 18.9 Å². The first kappa shape index (κ1) is 22.7. The second-order valence-corrected chi connectivity index (χ2v) is 6.79. The molecular weight excluding hydrogens is 383 g/mol. The first-order chi connectivity index (χ1) is 13.8. The van der Waals surface area contributed by atoms with E-state index >= 15 is 0 Å². The van der Waals surface area contributed by atoms with Gasteiger partial charge in [-0.25, -0.2) is 4.39 Å². The highest BCUT2D eigenvalue weighted by Crippen LogP contribution is 2.39. The van der Waals surface area contributed by atoms with Crippen molar-refractivity contribution >= 4 is 11.6 Å². The van der Waals surface area contributed by atoms with Crippen LogP contribution < -0.4 is 10.1 Å². The van der Waals surface area contributed by atoms with Crippen molar-refractivity contribution < 1.29 is 27.4 Å². The first-order valence-electron chi connectivity index (χ1n) is 9.56. The van der Waals surface area contributed by atoms with Crippen LogP contribution in [0.1, 0.15) is 44.7 Å². The highest BCUT2D eigenvalue weighted by Gasteiger charge is 2.49. The van der Waals surface area contributed by atoms with Gasteiger partial charge in [-0.15, -0.1) is 0 Å². The summed E-state index contributed by atoms with van der Waals surface area (Å²) in [6, 6.07) is 10.7. The van der Waals surface area contributed by atoms with Crippen molar-refractivity contribution in [3.63, 3.8) is 0 Å². The summed E-state index contributed by atoms with van der Waals surface area (Å²) in [5.74, 6) is -1.39. The third kappa shape index (κ3) is 4.90. The van der Waals surface area contributed by atoms with Gasteiger partial charge in [0.15, 0.2) is 5.75 Å². The monoisotopic (exact) mass is 409 g/mol. The van der Waals surface area contributed by atoms with Crippen molar-refractivity contribution in [3.05, 3.63) is 59.4 Å². The first-order valence-corrected chi connectivity index (χ1v) is 9.56. The number of hydrogen-bond donors (Lipinski definition) is 1. The van der Waals surface area contributed by atoms with Gasteiger partial charge in [-0.1, -0.05) is 52.0 Å². The number of benzene rings is 2. The third-order valence-electron chi connectivity index (χ3n) is 4.64. The number of alkyl halides is 2. The highest BCUT2D eigenvalue weighted by molar-refractivity contribution is 6.01. The fourth-order valence-electron chi connectivity index (χ4n) is 3.19. The van der Waals surface area contributed by atoms with Crippen molar-refractivity contribution in [2.75, 3.05) is 18.5 Å². The number of ether oxygens (including phenoxy) is 2. The predicted octanol–water partition coefficient (Wildman–Crippen LogP) is 5.48. The molecule has 0 bridgehead atoms. The molecule has 0 unspecified atom stereocenters. The lowest BCUT2D eigenvalue weighted by Gasteiger charge is -2.41. The summed E-state index contributed by atoms with van der Waals surface area (Å²) in [5, 5.41) is 2.61. The minimum Gasteiger partial charge on any atom is -0.432 e. The number of anilines is 1. The fraction of sp³-hybridized carbons (Fsp3) is 0.409. The van der Waals surface area contributed by atoms with Gasteiger partial charge in [-0.3, -0.25) is 4.79 Å². The predicted molar refractivity (Wildman–Crippen MR) is 106 cm³/mol. The Morgan fingerprint density at radius 1 is 1.14 bits per heavy atom. The number of nitrogens with one attached hydrogen (secondary N) is 1. The standard InChI is InChI=1S/C20H20F3NO3.C2H6/c1-12(2)14-5-3-4-6-15(14)20(10-26-11-20)18(25)24-16-8-7-13(21)9-17(16)27-19(22)23;1-2/h3-9,12,19H,10-11H2,1-2H3,(H,24,25);1-2H3. The summed E-state index contributed by atoms with van der Waals surface area (Å²) in [4.78, 5) is 13.1. The summed E-state index contributed by atoms with van der Waals surface area (Å²) in [7, 11) is 0. The van der Waals surface area contributed by atoms with E-state index in [9.17, 15) is 18.0 Å². The molecule has 0 aromatic heterocycles. The van der Waals surface area contributed by atoms with Gasteiger partial charge < -0.3 is 14.8 Å². The molecule has 1 saturated heterocycles. The van der Waals surface area contributed by atoms with E-state index in [2.05, 4.69) is 10.1 Å². The van der Waals surface area contributed by atoms with Crippen LogP contribution in [0.25, 0.3) is 0 Å². The summed E-state index contributed by atoms with van der Waals surface area (Å²) in [6.07, 6.45) is 0. The van der Waals surface area contributed by atoms with Crippen molar-refractivity contribution in [1.82, 2.24) is 0 Å². The molecule has 0 saturated carbocycles. The maximum Gasteiger partial charge on any atom is 0.387 e. The van der Waals surface area contributed by atoms with Crippen LogP contribution >= 0.6 is 0 Å². The second kappa shape index (κ2) is 9.78. The molecule has 0 aliphatic carbocycles. The number of halogens is 3. The van der Waals surface area contributed by atoms with Gasteiger partial charge in [0.1, 0.15) is 11.2 Å². The smallest absolute Gasteiger partial charge is 0.387 e. The van der Waals surface area contributed by atoms with Gasteiger partial charge in [0, 0.05) is 6.07 Å². The summed E-state index contributed by atoms with van der Waals surface area (Å²) >= 11 is 0. The topological polar surface area (TPSA) is 47.6 Å². The molecule has 4 nitrogen and oxygen atoms in total. The average molecular weight is 409 g/mol. The minimum absolute atomic E-state index is 0.0185. The van der Waals surface area contributed by atoms with Crippen LogP contribution in [0.4, 0.5) is 18.9 Å². The van der Waals surface area contributed by atoms with Gasteiger partial charge in [0.2, 0.25) is 5.91 Å². The lowest BCUT2D eigenvalue weighted by Crippen LogP contribution is -2.56. The zero-order valence-electron chi connectivity index (χ0n) is 17.0. The van der Waals surface area contributed by atoms with Crippen LogP contribution in [-0.2, 0) is 14.9 Å². The van der Waals surface area contributed by atoms with Gasteiger partial charge in [-0.05, 0) is 29.2 Å². The second-order valence-electron chi connectivity index (χ2n) is 6.79. The largest absolute Gasteiger partial charge is 0.432 e. The third-order valence-corrected chi connectivity index (χ3v) is 4.64. The lowest BCUT2D eigenvalue weighted by molar-refractivity contribution is -0.139. The molecular formula is C22H26F3NO3. The zero-order chi connectivity index (χ0) is 21.6. The van der Waals surface area contributed by atoms with Crippen molar-refractivity contribution in [2.24, 2.45) is 0 Å². The van der Waals surface area contributed by atoms with E-state index in [-0.39, 0.29) is 24.8 Å². The van der Waals surface area contributed by atoms with Gasteiger partial charge in [-0.2, -0.15) is 8.78 Å². The molecule has 1 aliphatic rings. The minimum atomic E-state index is -3.13. The Hall–Kier alpha value is -2.54. The molecule has 1 amide bonds. The van der Waals surface area contributed by atoms with E-state index < -0.39 is 29.5 Å². The molecule has 3 rings (SSSR count). The normalized spacial score (nSPS) is 14.7. The molecule has 2 aromatic carbocycles. The molecule has 1 aliphatic heterocycles. The van der Waals surface area contributed by atoms with E-state index in [0.717, 1.165) is 23.3 Å². The molecule has 7 heteroatoms. The molecule has 2 aromatic rings. The van der Waals surface area contributed by atoms with Gasteiger partial charge >= 0.3 is 6.61 Å². The Balaban J connectivity index is 0.00000145. The molecule has 158 valence electrons. The highest BCUT2D eigenvalue weighted by atomic mass is 19.3. The lowest BCUT2D eigenvalue weighted by atomic mass is 9.73. The van der Waals surface area contributed by atoms with Crippen LogP contribution in [0.15, 0.2) is 42.5 Å². The molecule has 1 heterocycles. The molecule has 0 atom stereocenters. The zero-order valence-corrected chi connectivity index (χ0v) is 17.0. The van der Waals surface area contributed by atoms with E-state index in [1.165, 1.54) is 6.07 Å². The van der Waals surface area contributed by atoms with Crippen molar-refractivity contribution in [3.8, 4) is 5.75 Å². The summed E-state index contributed by atoms with van der Waals surface area (Å²) in [5.41, 5.74) is 0.897. The summed E-state index contributed by atoms with van der Waals surface area (Å²) in [6.45, 7) is 5.27. The van der Waals surface area contributed by atoms with E-state index in [1.54, 1.807) is 0 Å². The summed E-state index contributed by atoms with van der Waals surface area (Å²) < 4.78 is 48.3. The Kier molecular flexibility index (Phi) is 7.67. The Morgan fingerprint density at radius 2 is 1.79 bits per heavy atom. The van der Waals surface area contributed by atoms with Gasteiger partial charge in [0.25, 0.3) is 0 Å².